The average Bonchev–Trinajstić information content (AvgIpc) is 2.72. The molecule has 0 radical (unpaired) electrons. The fraction of sp³-hybridized carbons (Fsp3) is 0.0870. The zero-order chi connectivity index (χ0) is 21.0. The van der Waals surface area contributed by atoms with Crippen molar-refractivity contribution in [3.05, 3.63) is 89.0 Å². The van der Waals surface area contributed by atoms with Crippen LogP contribution in [0.15, 0.2) is 76.5 Å². The van der Waals surface area contributed by atoms with Crippen LogP contribution in [0.1, 0.15) is 27.0 Å². The zero-order valence-corrected chi connectivity index (χ0v) is 16.7. The third-order valence-corrected chi connectivity index (χ3v) is 6.29. The molecule has 0 heterocycles. The molecule has 0 spiro atoms. The summed E-state index contributed by atoms with van der Waals surface area (Å²) in [4.78, 5) is 11.2. The molecule has 0 fully saturated rings. The molecule has 0 bridgehead atoms. The quantitative estimate of drug-likeness (QED) is 0.664. The number of hydrogen-bond acceptors (Lipinski definition) is 4. The number of benzene rings is 3. The van der Waals surface area contributed by atoms with Crippen molar-refractivity contribution in [3.8, 4) is 17.6 Å². The van der Waals surface area contributed by atoms with Gasteiger partial charge in [-0.1, -0.05) is 24.0 Å². The van der Waals surface area contributed by atoms with Crippen LogP contribution >= 0.6 is 0 Å². The van der Waals surface area contributed by atoms with Crippen molar-refractivity contribution in [2.24, 2.45) is 0 Å². The molecule has 1 N–H and O–H groups in total. The summed E-state index contributed by atoms with van der Waals surface area (Å²) in [6, 6.07) is 17.4. The molecule has 3 aromatic rings. The molecule has 0 saturated heterocycles. The highest BCUT2D eigenvalue weighted by Gasteiger charge is 2.22. The van der Waals surface area contributed by atoms with Gasteiger partial charge in [0.15, 0.2) is 0 Å². The highest BCUT2D eigenvalue weighted by Crippen LogP contribution is 2.28. The van der Waals surface area contributed by atoms with Gasteiger partial charge in [0, 0.05) is 11.1 Å². The Morgan fingerprint density at radius 1 is 0.931 bits per heavy atom. The predicted molar refractivity (Wildman–Crippen MR) is 109 cm³/mol. The topological polar surface area (TPSA) is 80.7 Å². The molecule has 0 saturated carbocycles. The zero-order valence-electron chi connectivity index (χ0n) is 15.8. The number of carboxylic acids is 1. The van der Waals surface area contributed by atoms with Gasteiger partial charge >= 0.3 is 5.97 Å². The van der Waals surface area contributed by atoms with Gasteiger partial charge in [0.1, 0.15) is 5.75 Å². The maximum Gasteiger partial charge on any atom is 0.335 e. The number of carboxylic acid groups (broad SMARTS) is 1. The Balaban J connectivity index is 2.03. The third-order valence-electron chi connectivity index (χ3n) is 4.32. The van der Waals surface area contributed by atoms with Gasteiger partial charge in [0.25, 0.3) is 0 Å². The first-order chi connectivity index (χ1) is 13.8. The van der Waals surface area contributed by atoms with Crippen LogP contribution in [0, 0.1) is 18.8 Å². The summed E-state index contributed by atoms with van der Waals surface area (Å²) >= 11 is 0. The van der Waals surface area contributed by atoms with Crippen molar-refractivity contribution in [1.29, 1.82) is 0 Å². The van der Waals surface area contributed by atoms with Crippen molar-refractivity contribution in [1.82, 2.24) is 0 Å². The molecular weight excluding hydrogens is 388 g/mol. The minimum atomic E-state index is -3.78. The molecule has 0 atom stereocenters. The minimum Gasteiger partial charge on any atom is -0.497 e. The molecule has 0 amide bonds. The SMILES string of the molecule is COc1ccc(S(=O)(=O)c2ccccc2C#Cc2ccc(C(=O)O)cc2)c(C)c1. The van der Waals surface area contributed by atoms with E-state index in [0.29, 0.717) is 22.4 Å². The molecule has 0 aliphatic rings. The van der Waals surface area contributed by atoms with Crippen LogP contribution in [0.25, 0.3) is 0 Å². The molecule has 3 rings (SSSR count). The molecule has 5 nitrogen and oxygen atoms in total. The van der Waals surface area contributed by atoms with Crippen LogP contribution in [0.2, 0.25) is 0 Å². The normalized spacial score (nSPS) is 10.7. The van der Waals surface area contributed by atoms with Crippen molar-refractivity contribution in [2.45, 2.75) is 16.7 Å². The van der Waals surface area contributed by atoms with Gasteiger partial charge in [-0.2, -0.15) is 0 Å². The van der Waals surface area contributed by atoms with Crippen LogP contribution in [0.4, 0.5) is 0 Å². The largest absolute Gasteiger partial charge is 0.497 e. The first-order valence-corrected chi connectivity index (χ1v) is 10.2. The lowest BCUT2D eigenvalue weighted by molar-refractivity contribution is 0.0697. The van der Waals surface area contributed by atoms with Crippen molar-refractivity contribution >= 4 is 15.8 Å². The number of methoxy groups -OCH3 is 1. The summed E-state index contributed by atoms with van der Waals surface area (Å²) in [5.74, 6) is 5.36. The van der Waals surface area contributed by atoms with E-state index >= 15 is 0 Å². The standard InChI is InChI=1S/C23H18O5S/c1-16-15-20(28-2)13-14-21(16)29(26,27)22-6-4-3-5-18(22)10-7-17-8-11-19(12-9-17)23(24)25/h3-6,8-9,11-15H,1-2H3,(H,24,25). The second-order valence-electron chi connectivity index (χ2n) is 6.26. The molecule has 0 aromatic heterocycles. The van der Waals surface area contributed by atoms with E-state index in [4.69, 9.17) is 9.84 Å². The fourth-order valence-corrected chi connectivity index (χ4v) is 4.44. The van der Waals surface area contributed by atoms with E-state index < -0.39 is 15.8 Å². The van der Waals surface area contributed by atoms with Gasteiger partial charge in [-0.15, -0.1) is 0 Å². The van der Waals surface area contributed by atoms with Crippen LogP contribution in [0.5, 0.6) is 5.75 Å². The van der Waals surface area contributed by atoms with E-state index in [-0.39, 0.29) is 15.4 Å². The molecule has 29 heavy (non-hydrogen) atoms. The Hall–Kier alpha value is -3.56. The number of hydrogen-bond donors (Lipinski definition) is 1. The molecular formula is C23H18O5S. The number of carbonyl (C=O) groups is 1. The molecule has 0 aliphatic carbocycles. The van der Waals surface area contributed by atoms with E-state index in [2.05, 4.69) is 11.8 Å². The van der Waals surface area contributed by atoms with Crippen LogP contribution < -0.4 is 4.74 Å². The van der Waals surface area contributed by atoms with Gasteiger partial charge in [0.05, 0.1) is 22.5 Å². The van der Waals surface area contributed by atoms with Gasteiger partial charge in [-0.3, -0.25) is 0 Å². The lowest BCUT2D eigenvalue weighted by Crippen LogP contribution is -2.06. The lowest BCUT2D eigenvalue weighted by Gasteiger charge is -2.11. The average molecular weight is 406 g/mol. The summed E-state index contributed by atoms with van der Waals surface area (Å²) in [7, 11) is -2.26. The Bertz CT molecular complexity index is 1230. The maximum atomic E-state index is 13.2. The van der Waals surface area contributed by atoms with E-state index in [1.54, 1.807) is 49.4 Å². The summed E-state index contributed by atoms with van der Waals surface area (Å²) in [6.07, 6.45) is 0. The Morgan fingerprint density at radius 3 is 2.24 bits per heavy atom. The summed E-state index contributed by atoms with van der Waals surface area (Å²) in [5, 5.41) is 8.96. The molecule has 146 valence electrons. The Labute approximate surface area is 169 Å². The Morgan fingerprint density at radius 2 is 1.62 bits per heavy atom. The van der Waals surface area contributed by atoms with E-state index in [9.17, 15) is 13.2 Å². The molecule has 0 aliphatic heterocycles. The van der Waals surface area contributed by atoms with Crippen molar-refractivity contribution in [3.63, 3.8) is 0 Å². The van der Waals surface area contributed by atoms with Crippen LogP contribution in [-0.4, -0.2) is 26.6 Å². The Kier molecular flexibility index (Phi) is 5.71. The second-order valence-corrected chi connectivity index (χ2v) is 8.15. The van der Waals surface area contributed by atoms with Crippen LogP contribution in [-0.2, 0) is 9.84 Å². The first-order valence-electron chi connectivity index (χ1n) is 8.67. The van der Waals surface area contributed by atoms with E-state index in [1.807, 2.05) is 0 Å². The van der Waals surface area contributed by atoms with E-state index in [1.165, 1.54) is 31.4 Å². The van der Waals surface area contributed by atoms with Crippen molar-refractivity contribution < 1.29 is 23.1 Å². The number of ether oxygens (including phenoxy) is 1. The van der Waals surface area contributed by atoms with Crippen LogP contribution in [0.3, 0.4) is 0 Å². The monoisotopic (exact) mass is 406 g/mol. The number of aryl methyl sites for hydroxylation is 1. The number of sulfone groups is 1. The number of rotatable bonds is 4. The highest BCUT2D eigenvalue weighted by molar-refractivity contribution is 7.91. The summed E-state index contributed by atoms with van der Waals surface area (Å²) in [6.45, 7) is 1.72. The maximum absolute atomic E-state index is 13.2. The number of aromatic carboxylic acids is 1. The predicted octanol–water partition coefficient (Wildman–Crippen LogP) is 3.93. The first kappa shape index (κ1) is 20.2. The highest BCUT2D eigenvalue weighted by atomic mass is 32.2. The summed E-state index contributed by atoms with van der Waals surface area (Å²) < 4.78 is 31.6. The minimum absolute atomic E-state index is 0.114. The lowest BCUT2D eigenvalue weighted by atomic mass is 10.1. The van der Waals surface area contributed by atoms with Gasteiger partial charge < -0.3 is 9.84 Å². The summed E-state index contributed by atoms with van der Waals surface area (Å²) in [5.41, 5.74) is 1.69. The van der Waals surface area contributed by atoms with Crippen molar-refractivity contribution in [2.75, 3.05) is 7.11 Å². The fourth-order valence-electron chi connectivity index (χ4n) is 2.81. The third kappa shape index (κ3) is 4.31. The molecule has 0 unspecified atom stereocenters. The molecule has 3 aromatic carbocycles. The molecule has 6 heteroatoms. The smallest absolute Gasteiger partial charge is 0.335 e. The van der Waals surface area contributed by atoms with Gasteiger partial charge in [0.2, 0.25) is 9.84 Å². The van der Waals surface area contributed by atoms with Gasteiger partial charge in [-0.25, -0.2) is 13.2 Å². The van der Waals surface area contributed by atoms with E-state index in [0.717, 1.165) is 0 Å². The van der Waals surface area contributed by atoms with Gasteiger partial charge in [-0.05, 0) is 67.1 Å². The second kappa shape index (κ2) is 8.21.